The number of nitrogens with zero attached hydrogens (tertiary/aromatic N) is 5. The van der Waals surface area contributed by atoms with Crippen LogP contribution < -0.4 is 0 Å². The van der Waals surface area contributed by atoms with E-state index >= 15 is 0 Å². The van der Waals surface area contributed by atoms with E-state index in [9.17, 15) is 13.6 Å². The molecule has 3 aromatic rings. The largest absolute Gasteiger partial charge is 0.293 e. The van der Waals surface area contributed by atoms with Crippen molar-refractivity contribution in [1.82, 2.24) is 19.8 Å². The average Bonchev–Trinajstić information content (AvgIpc) is 3.02. The second kappa shape index (κ2) is 6.91. The van der Waals surface area contributed by atoms with Gasteiger partial charge in [0.15, 0.2) is 17.3 Å². The summed E-state index contributed by atoms with van der Waals surface area (Å²) in [7, 11) is 0. The highest BCUT2D eigenvalue weighted by atomic mass is 19.1. The SMILES string of the molecule is C=Nc1cc(F)c(Cc2nnc3ccc(C(C)=O)nn23)c(F)c1/C=C\C. The first-order valence-corrected chi connectivity index (χ1v) is 7.78. The lowest BCUT2D eigenvalue weighted by molar-refractivity contribution is 0.101. The highest BCUT2D eigenvalue weighted by molar-refractivity contribution is 5.92. The second-order valence-corrected chi connectivity index (χ2v) is 5.58. The van der Waals surface area contributed by atoms with Crippen LogP contribution in [0.25, 0.3) is 11.7 Å². The van der Waals surface area contributed by atoms with Crippen LogP contribution in [0.3, 0.4) is 0 Å². The zero-order valence-electron chi connectivity index (χ0n) is 14.2. The Kier molecular flexibility index (Phi) is 4.66. The molecule has 0 radical (unpaired) electrons. The number of Topliss-reactive ketones (excluding diaryl/α,β-unsaturated/α-hetero) is 1. The highest BCUT2D eigenvalue weighted by Gasteiger charge is 2.20. The number of ketones is 1. The maximum Gasteiger partial charge on any atom is 0.179 e. The molecular formula is C18H15F2N5O. The summed E-state index contributed by atoms with van der Waals surface area (Å²) in [6, 6.07) is 4.22. The molecule has 132 valence electrons. The van der Waals surface area contributed by atoms with Crippen LogP contribution in [0, 0.1) is 11.6 Å². The number of rotatable bonds is 5. The lowest BCUT2D eigenvalue weighted by Crippen LogP contribution is -2.08. The second-order valence-electron chi connectivity index (χ2n) is 5.58. The summed E-state index contributed by atoms with van der Waals surface area (Å²) in [6.07, 6.45) is 2.94. The van der Waals surface area contributed by atoms with E-state index in [1.165, 1.54) is 23.6 Å². The van der Waals surface area contributed by atoms with Gasteiger partial charge in [-0.2, -0.15) is 9.61 Å². The normalized spacial score (nSPS) is 11.4. The van der Waals surface area contributed by atoms with Crippen molar-refractivity contribution in [1.29, 1.82) is 0 Å². The number of carbonyl (C=O) groups excluding carboxylic acids is 1. The van der Waals surface area contributed by atoms with Crippen LogP contribution in [0.2, 0.25) is 0 Å². The van der Waals surface area contributed by atoms with E-state index in [1.54, 1.807) is 19.1 Å². The van der Waals surface area contributed by atoms with Crippen LogP contribution in [0.4, 0.5) is 14.5 Å². The fourth-order valence-electron chi connectivity index (χ4n) is 2.57. The van der Waals surface area contributed by atoms with Gasteiger partial charge in [0.25, 0.3) is 0 Å². The van der Waals surface area contributed by atoms with E-state index in [0.29, 0.717) is 5.65 Å². The Morgan fingerprint density at radius 1 is 1.35 bits per heavy atom. The molecule has 0 bridgehead atoms. The molecule has 26 heavy (non-hydrogen) atoms. The van der Waals surface area contributed by atoms with E-state index in [1.807, 2.05) is 0 Å². The van der Waals surface area contributed by atoms with Crippen molar-refractivity contribution in [2.75, 3.05) is 0 Å². The third-order valence-corrected chi connectivity index (χ3v) is 3.86. The molecule has 0 aliphatic heterocycles. The molecule has 0 aliphatic rings. The van der Waals surface area contributed by atoms with Gasteiger partial charge in [0.1, 0.15) is 17.3 Å². The Bertz CT molecular complexity index is 1060. The van der Waals surface area contributed by atoms with Crippen molar-refractivity contribution in [3.63, 3.8) is 0 Å². The molecule has 0 fully saturated rings. The molecule has 2 heterocycles. The van der Waals surface area contributed by atoms with Gasteiger partial charge < -0.3 is 0 Å². The topological polar surface area (TPSA) is 72.5 Å². The van der Waals surface area contributed by atoms with Gasteiger partial charge in [-0.25, -0.2) is 8.78 Å². The molecule has 0 N–H and O–H groups in total. The Morgan fingerprint density at radius 3 is 2.77 bits per heavy atom. The monoisotopic (exact) mass is 355 g/mol. The van der Waals surface area contributed by atoms with E-state index in [0.717, 1.165) is 6.07 Å². The summed E-state index contributed by atoms with van der Waals surface area (Å²) in [5.74, 6) is -1.53. The van der Waals surface area contributed by atoms with Crippen LogP contribution in [-0.2, 0) is 6.42 Å². The number of fused-ring (bicyclic) bond motifs is 1. The summed E-state index contributed by atoms with van der Waals surface area (Å²) >= 11 is 0. The third kappa shape index (κ3) is 3.01. The predicted molar refractivity (Wildman–Crippen MR) is 93.9 cm³/mol. The van der Waals surface area contributed by atoms with Gasteiger partial charge >= 0.3 is 0 Å². The van der Waals surface area contributed by atoms with Crippen LogP contribution in [-0.4, -0.2) is 32.3 Å². The number of carbonyl (C=O) groups is 1. The molecule has 3 rings (SSSR count). The molecule has 0 amide bonds. The van der Waals surface area contributed by atoms with Crippen molar-refractivity contribution in [2.24, 2.45) is 4.99 Å². The summed E-state index contributed by atoms with van der Waals surface area (Å²) < 4.78 is 30.6. The van der Waals surface area contributed by atoms with Crippen LogP contribution in [0.5, 0.6) is 0 Å². The van der Waals surface area contributed by atoms with Gasteiger partial charge in [0, 0.05) is 30.5 Å². The number of benzene rings is 1. The van der Waals surface area contributed by atoms with E-state index in [2.05, 4.69) is 27.0 Å². The lowest BCUT2D eigenvalue weighted by atomic mass is 10.0. The first-order valence-electron chi connectivity index (χ1n) is 7.78. The predicted octanol–water partition coefficient (Wildman–Crippen LogP) is 3.56. The molecule has 0 unspecified atom stereocenters. The van der Waals surface area contributed by atoms with Crippen LogP contribution >= 0.6 is 0 Å². The maximum atomic E-state index is 14.9. The van der Waals surface area contributed by atoms with Gasteiger partial charge in [-0.1, -0.05) is 12.2 Å². The van der Waals surface area contributed by atoms with Crippen molar-refractivity contribution in [3.05, 3.63) is 58.6 Å². The molecule has 2 aromatic heterocycles. The van der Waals surface area contributed by atoms with Crippen molar-refractivity contribution in [2.45, 2.75) is 20.3 Å². The van der Waals surface area contributed by atoms with Crippen LogP contribution in [0.15, 0.2) is 29.3 Å². The summed E-state index contributed by atoms with van der Waals surface area (Å²) in [4.78, 5) is 15.2. The standard InChI is InChI=1S/C18H15F2N5O/c1-4-5-11-15(21-3)9-13(19)12(18(11)20)8-17-23-22-16-7-6-14(10(2)26)24-25(16)17/h4-7,9H,3,8H2,1-2H3/b5-4-. The molecule has 1 aromatic carbocycles. The average molecular weight is 355 g/mol. The van der Waals surface area contributed by atoms with Gasteiger partial charge in [-0.05, 0) is 25.8 Å². The zero-order chi connectivity index (χ0) is 18.8. The third-order valence-electron chi connectivity index (χ3n) is 3.86. The Labute approximate surface area is 147 Å². The van der Waals surface area contributed by atoms with E-state index in [-0.39, 0.29) is 40.5 Å². The first-order chi connectivity index (χ1) is 12.5. The number of halogens is 2. The summed E-state index contributed by atoms with van der Waals surface area (Å²) in [6.45, 7) is 6.44. The van der Waals surface area contributed by atoms with Crippen molar-refractivity contribution < 1.29 is 13.6 Å². The lowest BCUT2D eigenvalue weighted by Gasteiger charge is -2.09. The fraction of sp³-hybridized carbons (Fsp3) is 0.167. The quantitative estimate of drug-likeness (QED) is 0.518. The number of aromatic nitrogens is 4. The highest BCUT2D eigenvalue weighted by Crippen LogP contribution is 2.29. The maximum absolute atomic E-state index is 14.9. The molecule has 0 aliphatic carbocycles. The molecule has 0 saturated carbocycles. The van der Waals surface area contributed by atoms with Crippen molar-refractivity contribution >= 4 is 29.9 Å². The summed E-state index contributed by atoms with van der Waals surface area (Å²) in [5, 5.41) is 12.0. The molecule has 0 spiro atoms. The Morgan fingerprint density at radius 2 is 2.12 bits per heavy atom. The minimum absolute atomic E-state index is 0.116. The Balaban J connectivity index is 2.13. The van der Waals surface area contributed by atoms with E-state index in [4.69, 9.17) is 0 Å². The molecule has 8 heteroatoms. The molecule has 0 atom stereocenters. The zero-order valence-corrected chi connectivity index (χ0v) is 14.2. The van der Waals surface area contributed by atoms with Gasteiger partial charge in [-0.3, -0.25) is 9.79 Å². The molecule has 6 nitrogen and oxygen atoms in total. The first kappa shape index (κ1) is 17.5. The fourth-order valence-corrected chi connectivity index (χ4v) is 2.57. The number of hydrogen-bond acceptors (Lipinski definition) is 5. The number of aliphatic imine (C=N–C) groups is 1. The molecule has 0 saturated heterocycles. The number of hydrogen-bond donors (Lipinski definition) is 0. The minimum atomic E-state index is -0.766. The molecular weight excluding hydrogens is 340 g/mol. The van der Waals surface area contributed by atoms with Crippen LogP contribution in [0.1, 0.15) is 41.3 Å². The smallest absolute Gasteiger partial charge is 0.179 e. The summed E-state index contributed by atoms with van der Waals surface area (Å²) in [5.41, 5.74) is 0.661. The van der Waals surface area contributed by atoms with E-state index < -0.39 is 11.6 Å². The van der Waals surface area contributed by atoms with Crippen molar-refractivity contribution in [3.8, 4) is 0 Å². The number of allylic oxidation sites excluding steroid dienone is 1. The van der Waals surface area contributed by atoms with Gasteiger partial charge in [-0.15, -0.1) is 10.2 Å². The Hall–Kier alpha value is -3.29. The van der Waals surface area contributed by atoms with Gasteiger partial charge in [0.05, 0.1) is 5.69 Å². The minimum Gasteiger partial charge on any atom is -0.293 e. The van der Waals surface area contributed by atoms with Gasteiger partial charge in [0.2, 0.25) is 0 Å².